The van der Waals surface area contributed by atoms with Gasteiger partial charge in [-0.15, -0.1) is 0 Å². The van der Waals surface area contributed by atoms with Crippen molar-refractivity contribution in [2.24, 2.45) is 0 Å². The van der Waals surface area contributed by atoms with E-state index in [-0.39, 0.29) is 24.6 Å². The van der Waals surface area contributed by atoms with Crippen LogP contribution in [0.2, 0.25) is 0 Å². The second-order valence-corrected chi connectivity index (χ2v) is 9.71. The van der Waals surface area contributed by atoms with E-state index in [0.29, 0.717) is 55.1 Å². The lowest BCUT2D eigenvalue weighted by atomic mass is 9.94. The molecule has 2 aromatic rings. The summed E-state index contributed by atoms with van der Waals surface area (Å²) in [5.74, 6) is -0.927. The number of nitrogens with one attached hydrogen (secondary N) is 1. The number of nitrogens with zero attached hydrogens (tertiary/aromatic N) is 3. The Morgan fingerprint density at radius 2 is 1.74 bits per heavy atom. The van der Waals surface area contributed by atoms with E-state index in [0.717, 1.165) is 5.56 Å². The molecule has 2 aliphatic heterocycles. The highest BCUT2D eigenvalue weighted by molar-refractivity contribution is 5.95. The van der Waals surface area contributed by atoms with Gasteiger partial charge in [0.25, 0.3) is 5.91 Å². The van der Waals surface area contributed by atoms with Gasteiger partial charge in [0.2, 0.25) is 0 Å². The number of urea groups is 1. The molecule has 0 bridgehead atoms. The average Bonchev–Trinajstić information content (AvgIpc) is 2.89. The van der Waals surface area contributed by atoms with Gasteiger partial charge in [0.05, 0.1) is 18.2 Å². The number of amides is 3. The number of aryl methyl sites for hydroxylation is 1. The highest BCUT2D eigenvalue weighted by Gasteiger charge is 2.39. The second kappa shape index (κ2) is 11.8. The number of ether oxygens (including phenoxy) is 1. The van der Waals surface area contributed by atoms with Crippen LogP contribution < -0.4 is 5.32 Å². The van der Waals surface area contributed by atoms with Crippen molar-refractivity contribution in [2.45, 2.75) is 39.8 Å². The van der Waals surface area contributed by atoms with Crippen LogP contribution in [0.3, 0.4) is 0 Å². The fourth-order valence-electron chi connectivity index (χ4n) is 5.12. The van der Waals surface area contributed by atoms with Crippen molar-refractivity contribution in [1.82, 2.24) is 20.0 Å². The van der Waals surface area contributed by atoms with Crippen LogP contribution in [0.25, 0.3) is 0 Å². The van der Waals surface area contributed by atoms with Crippen molar-refractivity contribution in [1.29, 1.82) is 0 Å². The Balaban J connectivity index is 1.62. The number of hydrogen-bond donors (Lipinski definition) is 1. The van der Waals surface area contributed by atoms with Gasteiger partial charge in [0.1, 0.15) is 5.82 Å². The summed E-state index contributed by atoms with van der Waals surface area (Å²) in [6.45, 7) is 10.1. The van der Waals surface area contributed by atoms with Gasteiger partial charge >= 0.3 is 12.0 Å². The Labute approximate surface area is 223 Å². The first kappa shape index (κ1) is 27.3. The third kappa shape index (κ3) is 5.72. The molecule has 1 saturated heterocycles. The van der Waals surface area contributed by atoms with E-state index in [2.05, 4.69) is 10.2 Å². The lowest BCUT2D eigenvalue weighted by Crippen LogP contribution is -2.56. The van der Waals surface area contributed by atoms with Gasteiger partial charge in [-0.25, -0.2) is 14.0 Å². The first-order valence-electron chi connectivity index (χ1n) is 13.1. The fourth-order valence-corrected chi connectivity index (χ4v) is 5.12. The van der Waals surface area contributed by atoms with Gasteiger partial charge < -0.3 is 15.0 Å². The van der Waals surface area contributed by atoms with Gasteiger partial charge in [-0.05, 0) is 57.5 Å². The topological polar surface area (TPSA) is 82.2 Å². The zero-order chi connectivity index (χ0) is 27.4. The van der Waals surface area contributed by atoms with E-state index >= 15 is 0 Å². The smallest absolute Gasteiger partial charge is 0.338 e. The molecule has 8 nitrogen and oxygen atoms in total. The number of esters is 1. The summed E-state index contributed by atoms with van der Waals surface area (Å²) in [5.41, 5.74) is 3.26. The maximum Gasteiger partial charge on any atom is 0.338 e. The molecule has 9 heteroatoms. The number of carbonyl (C=O) groups is 3. The van der Waals surface area contributed by atoms with Crippen LogP contribution in [0.15, 0.2) is 59.8 Å². The van der Waals surface area contributed by atoms with Gasteiger partial charge in [0.15, 0.2) is 0 Å². The van der Waals surface area contributed by atoms with Gasteiger partial charge in [-0.2, -0.15) is 0 Å². The van der Waals surface area contributed by atoms with Crippen LogP contribution >= 0.6 is 0 Å². The molecule has 1 fully saturated rings. The Kier molecular flexibility index (Phi) is 8.46. The Morgan fingerprint density at radius 1 is 1.05 bits per heavy atom. The Bertz CT molecular complexity index is 1210. The molecule has 0 saturated carbocycles. The summed E-state index contributed by atoms with van der Waals surface area (Å²) >= 11 is 0. The van der Waals surface area contributed by atoms with E-state index < -0.39 is 17.8 Å². The maximum atomic E-state index is 13.6. The number of rotatable bonds is 7. The van der Waals surface area contributed by atoms with E-state index in [9.17, 15) is 18.8 Å². The molecule has 3 amide bonds. The minimum absolute atomic E-state index is 0.00724. The third-order valence-corrected chi connectivity index (χ3v) is 7.10. The summed E-state index contributed by atoms with van der Waals surface area (Å²) in [7, 11) is 0. The average molecular weight is 523 g/mol. The van der Waals surface area contributed by atoms with Crippen molar-refractivity contribution in [3.63, 3.8) is 0 Å². The van der Waals surface area contributed by atoms with Crippen molar-refractivity contribution in [3.8, 4) is 0 Å². The second-order valence-electron chi connectivity index (χ2n) is 9.71. The zero-order valence-electron chi connectivity index (χ0n) is 22.4. The number of hydrogen-bond acceptors (Lipinski definition) is 5. The molecule has 2 heterocycles. The number of halogens is 1. The molecule has 0 spiro atoms. The molecule has 2 aliphatic rings. The summed E-state index contributed by atoms with van der Waals surface area (Å²) in [5, 5.41) is 2.90. The first-order valence-corrected chi connectivity index (χ1v) is 13.1. The monoisotopic (exact) mass is 522 g/mol. The Hall–Kier alpha value is -3.72. The SMILES string of the molecule is CCOC(=O)C1=C(CN2CCN(C(=O)c3ccc(C)cc3)[C@@H](C)C2)N(CC)C(=O)N[C@@H]1c1ccc(F)cc1. The Morgan fingerprint density at radius 3 is 2.34 bits per heavy atom. The van der Waals surface area contributed by atoms with Crippen molar-refractivity contribution in [3.05, 3.63) is 82.3 Å². The molecule has 2 atom stereocenters. The largest absolute Gasteiger partial charge is 0.463 e. The van der Waals surface area contributed by atoms with Gasteiger partial charge in [0, 0.05) is 50.0 Å². The van der Waals surface area contributed by atoms with Crippen molar-refractivity contribution in [2.75, 3.05) is 39.3 Å². The van der Waals surface area contributed by atoms with E-state index in [4.69, 9.17) is 4.74 Å². The number of likely N-dealkylation sites (N-methyl/N-ethyl adjacent to an activating group) is 1. The van der Waals surface area contributed by atoms with Crippen LogP contribution in [0.1, 0.15) is 48.3 Å². The number of piperazine rings is 1. The molecule has 0 aromatic heterocycles. The van der Waals surface area contributed by atoms with Crippen LogP contribution in [-0.4, -0.2) is 78.0 Å². The third-order valence-electron chi connectivity index (χ3n) is 7.10. The van der Waals surface area contributed by atoms with Crippen LogP contribution in [-0.2, 0) is 9.53 Å². The minimum Gasteiger partial charge on any atom is -0.463 e. The normalized spacial score (nSPS) is 20.4. The molecule has 38 heavy (non-hydrogen) atoms. The summed E-state index contributed by atoms with van der Waals surface area (Å²) in [6, 6.07) is 12.2. The van der Waals surface area contributed by atoms with E-state index in [1.54, 1.807) is 24.0 Å². The van der Waals surface area contributed by atoms with Gasteiger partial charge in [-0.3, -0.25) is 14.6 Å². The zero-order valence-corrected chi connectivity index (χ0v) is 22.4. The molecule has 1 N–H and O–H groups in total. The van der Waals surface area contributed by atoms with Crippen molar-refractivity contribution >= 4 is 17.9 Å². The van der Waals surface area contributed by atoms with Crippen LogP contribution in [0, 0.1) is 12.7 Å². The lowest BCUT2D eigenvalue weighted by molar-refractivity contribution is -0.139. The summed E-state index contributed by atoms with van der Waals surface area (Å²) in [6.07, 6.45) is 0. The van der Waals surface area contributed by atoms with Crippen molar-refractivity contribution < 1.29 is 23.5 Å². The molecule has 4 rings (SSSR count). The van der Waals surface area contributed by atoms with Crippen LogP contribution in [0.4, 0.5) is 9.18 Å². The molecular weight excluding hydrogens is 487 g/mol. The molecule has 0 unspecified atom stereocenters. The number of benzene rings is 2. The standard InChI is InChI=1S/C29H35FN4O4/c1-5-33-24(18-32-15-16-34(20(4)17-32)27(35)22-9-7-19(3)8-10-22)25(28(36)38-6-2)26(31-29(33)37)21-11-13-23(30)14-12-21/h7-14,20,26H,5-6,15-18H2,1-4H3,(H,31,37)/t20-,26+/m0/s1. The molecule has 2 aromatic carbocycles. The highest BCUT2D eigenvalue weighted by atomic mass is 19.1. The van der Waals surface area contributed by atoms with Crippen LogP contribution in [0.5, 0.6) is 0 Å². The first-order chi connectivity index (χ1) is 18.2. The predicted octanol–water partition coefficient (Wildman–Crippen LogP) is 3.88. The molecule has 0 radical (unpaired) electrons. The highest BCUT2D eigenvalue weighted by Crippen LogP contribution is 2.32. The van der Waals surface area contributed by atoms with E-state index in [1.165, 1.54) is 12.1 Å². The predicted molar refractivity (Wildman–Crippen MR) is 142 cm³/mol. The minimum atomic E-state index is -0.762. The molecular formula is C29H35FN4O4. The summed E-state index contributed by atoms with van der Waals surface area (Å²) in [4.78, 5) is 45.1. The maximum absolute atomic E-state index is 13.6. The summed E-state index contributed by atoms with van der Waals surface area (Å²) < 4.78 is 19.0. The van der Waals surface area contributed by atoms with E-state index in [1.807, 2.05) is 49.9 Å². The molecule has 0 aliphatic carbocycles. The fraction of sp³-hybridized carbons (Fsp3) is 0.414. The lowest BCUT2D eigenvalue weighted by Gasteiger charge is -2.43. The van der Waals surface area contributed by atoms with Gasteiger partial charge in [-0.1, -0.05) is 29.8 Å². The molecule has 202 valence electrons. The number of carbonyl (C=O) groups excluding carboxylic acids is 3. The quantitative estimate of drug-likeness (QED) is 0.558.